The van der Waals surface area contributed by atoms with Gasteiger partial charge in [0.15, 0.2) is 0 Å². The van der Waals surface area contributed by atoms with Gasteiger partial charge in [-0.15, -0.1) is 23.1 Å². The van der Waals surface area contributed by atoms with Crippen molar-refractivity contribution >= 4 is 35.2 Å². The molecule has 1 aliphatic rings. The zero-order valence-electron chi connectivity index (χ0n) is 16.3. The number of hydrogen-bond donors (Lipinski definition) is 2. The normalized spacial score (nSPS) is 13.4. The highest BCUT2D eigenvalue weighted by Crippen LogP contribution is 2.44. The maximum Gasteiger partial charge on any atom is 0.407 e. The first-order valence-corrected chi connectivity index (χ1v) is 11.6. The van der Waals surface area contributed by atoms with Gasteiger partial charge in [0.25, 0.3) is 0 Å². The van der Waals surface area contributed by atoms with E-state index in [9.17, 15) is 14.7 Å². The van der Waals surface area contributed by atoms with Crippen molar-refractivity contribution in [1.29, 1.82) is 0 Å². The Morgan fingerprint density at radius 2 is 1.70 bits per heavy atom. The lowest BCUT2D eigenvalue weighted by Crippen LogP contribution is -2.42. The fraction of sp³-hybridized carbons (Fsp3) is 0.217. The Kier molecular flexibility index (Phi) is 6.11. The van der Waals surface area contributed by atoms with E-state index in [0.717, 1.165) is 31.3 Å². The summed E-state index contributed by atoms with van der Waals surface area (Å²) in [6.07, 6.45) is 1.48. The molecule has 1 amide bonds. The Morgan fingerprint density at radius 1 is 1.07 bits per heavy atom. The smallest absolute Gasteiger partial charge is 0.407 e. The van der Waals surface area contributed by atoms with Crippen molar-refractivity contribution in [3.05, 3.63) is 76.7 Å². The molecule has 2 aromatic carbocycles. The molecule has 30 heavy (non-hydrogen) atoms. The third-order valence-corrected chi connectivity index (χ3v) is 7.37. The highest BCUT2D eigenvalue weighted by Gasteiger charge is 2.29. The number of carbonyl (C=O) groups is 2. The Labute approximate surface area is 183 Å². The number of fused-ring (bicyclic) bond motifs is 3. The summed E-state index contributed by atoms with van der Waals surface area (Å²) in [4.78, 5) is 24.9. The average Bonchev–Trinajstić information content (AvgIpc) is 3.34. The number of carbonyl (C=O) groups excluding carboxylic acids is 1. The number of rotatable bonds is 7. The van der Waals surface area contributed by atoms with E-state index in [1.807, 2.05) is 54.8 Å². The molecule has 7 heteroatoms. The SMILES string of the molecule is CSc1ccc(CC(NC(=O)OCC2c3ccccc3-c3ccccc32)C(=O)O)s1. The third-order valence-electron chi connectivity index (χ3n) is 5.18. The maximum absolute atomic E-state index is 12.4. The Hall–Kier alpha value is -2.77. The van der Waals surface area contributed by atoms with E-state index >= 15 is 0 Å². The van der Waals surface area contributed by atoms with Crippen molar-refractivity contribution < 1.29 is 19.4 Å². The van der Waals surface area contributed by atoms with Crippen LogP contribution in [0, 0.1) is 0 Å². The van der Waals surface area contributed by atoms with Crippen LogP contribution in [0.2, 0.25) is 0 Å². The predicted molar refractivity (Wildman–Crippen MR) is 119 cm³/mol. The van der Waals surface area contributed by atoms with Gasteiger partial charge < -0.3 is 15.2 Å². The second-order valence-corrected chi connectivity index (χ2v) is 9.26. The number of carboxylic acid groups (broad SMARTS) is 1. The number of benzene rings is 2. The number of ether oxygens (including phenoxy) is 1. The highest BCUT2D eigenvalue weighted by atomic mass is 32.2. The first-order chi connectivity index (χ1) is 14.6. The summed E-state index contributed by atoms with van der Waals surface area (Å²) in [6, 6.07) is 19.0. The van der Waals surface area contributed by atoms with Crippen LogP contribution in [0.25, 0.3) is 11.1 Å². The van der Waals surface area contributed by atoms with Gasteiger partial charge in [-0.3, -0.25) is 0 Å². The number of aliphatic carboxylic acids is 1. The molecule has 0 saturated carbocycles. The molecular formula is C23H21NO4S2. The topological polar surface area (TPSA) is 75.6 Å². The minimum absolute atomic E-state index is 0.0622. The first-order valence-electron chi connectivity index (χ1n) is 9.54. The zero-order chi connectivity index (χ0) is 21.1. The summed E-state index contributed by atoms with van der Waals surface area (Å²) in [5.41, 5.74) is 4.52. The van der Waals surface area contributed by atoms with E-state index in [-0.39, 0.29) is 18.9 Å². The van der Waals surface area contributed by atoms with Crippen LogP contribution in [0.15, 0.2) is 64.9 Å². The number of carboxylic acids is 1. The fourth-order valence-electron chi connectivity index (χ4n) is 3.76. The molecule has 0 saturated heterocycles. The summed E-state index contributed by atoms with van der Waals surface area (Å²) in [5.74, 6) is -1.14. The Bertz CT molecular complexity index is 1030. The van der Waals surface area contributed by atoms with Gasteiger partial charge in [-0.2, -0.15) is 0 Å². The largest absolute Gasteiger partial charge is 0.480 e. The van der Waals surface area contributed by atoms with Crippen LogP contribution in [0.3, 0.4) is 0 Å². The van der Waals surface area contributed by atoms with Crippen LogP contribution in [0.4, 0.5) is 4.79 Å². The van der Waals surface area contributed by atoms with E-state index < -0.39 is 18.1 Å². The molecule has 0 radical (unpaired) electrons. The van der Waals surface area contributed by atoms with E-state index in [1.165, 1.54) is 11.3 Å². The van der Waals surface area contributed by atoms with Gasteiger partial charge in [0.2, 0.25) is 0 Å². The van der Waals surface area contributed by atoms with Crippen molar-refractivity contribution in [3.8, 4) is 11.1 Å². The molecule has 2 N–H and O–H groups in total. The van der Waals surface area contributed by atoms with Gasteiger partial charge in [-0.1, -0.05) is 48.5 Å². The molecule has 5 nitrogen and oxygen atoms in total. The van der Waals surface area contributed by atoms with Crippen LogP contribution in [0.1, 0.15) is 21.9 Å². The van der Waals surface area contributed by atoms with E-state index in [2.05, 4.69) is 17.4 Å². The minimum Gasteiger partial charge on any atom is -0.480 e. The molecule has 1 aromatic heterocycles. The number of hydrogen-bond acceptors (Lipinski definition) is 5. The van der Waals surface area contributed by atoms with Gasteiger partial charge in [0.1, 0.15) is 12.6 Å². The lowest BCUT2D eigenvalue weighted by molar-refractivity contribution is -0.139. The van der Waals surface area contributed by atoms with Crippen molar-refractivity contribution in [2.75, 3.05) is 12.9 Å². The number of thioether (sulfide) groups is 1. The molecule has 0 fully saturated rings. The van der Waals surface area contributed by atoms with Gasteiger partial charge in [-0.05, 0) is 40.6 Å². The Balaban J connectivity index is 1.42. The summed E-state index contributed by atoms with van der Waals surface area (Å²) in [5, 5.41) is 12.0. The predicted octanol–water partition coefficient (Wildman–Crippen LogP) is 5.00. The number of amides is 1. The van der Waals surface area contributed by atoms with Gasteiger partial charge in [0.05, 0.1) is 4.21 Å². The van der Waals surface area contributed by atoms with Crippen LogP contribution < -0.4 is 5.32 Å². The van der Waals surface area contributed by atoms with Gasteiger partial charge >= 0.3 is 12.1 Å². The van der Waals surface area contributed by atoms with Crippen molar-refractivity contribution in [1.82, 2.24) is 5.32 Å². The molecule has 3 aromatic rings. The number of alkyl carbamates (subject to hydrolysis) is 1. The lowest BCUT2D eigenvalue weighted by Gasteiger charge is -2.17. The molecule has 1 heterocycles. The van der Waals surface area contributed by atoms with Gasteiger partial charge in [0, 0.05) is 17.2 Å². The second kappa shape index (κ2) is 8.93. The second-order valence-electron chi connectivity index (χ2n) is 6.99. The van der Waals surface area contributed by atoms with Crippen LogP contribution in [-0.4, -0.2) is 36.1 Å². The van der Waals surface area contributed by atoms with Crippen molar-refractivity contribution in [2.24, 2.45) is 0 Å². The molecule has 1 aliphatic carbocycles. The number of nitrogens with one attached hydrogen (secondary N) is 1. The minimum atomic E-state index is -1.08. The molecule has 1 unspecified atom stereocenters. The van der Waals surface area contributed by atoms with Crippen LogP contribution in [-0.2, 0) is 16.0 Å². The zero-order valence-corrected chi connectivity index (χ0v) is 18.0. The average molecular weight is 440 g/mol. The Morgan fingerprint density at radius 3 is 2.27 bits per heavy atom. The molecule has 4 rings (SSSR count). The summed E-state index contributed by atoms with van der Waals surface area (Å²) < 4.78 is 6.58. The number of thiophene rings is 1. The lowest BCUT2D eigenvalue weighted by atomic mass is 9.98. The molecule has 0 bridgehead atoms. The molecular weight excluding hydrogens is 418 g/mol. The van der Waals surface area contributed by atoms with Crippen LogP contribution in [0.5, 0.6) is 0 Å². The summed E-state index contributed by atoms with van der Waals surface area (Å²) in [6.45, 7) is 0.155. The quantitative estimate of drug-likeness (QED) is 0.507. The summed E-state index contributed by atoms with van der Waals surface area (Å²) in [7, 11) is 0. The standard InChI is InChI=1S/C23H21NO4S2/c1-29-21-11-10-14(30-21)12-20(22(25)26)24-23(27)28-13-19-17-8-4-2-6-15(17)16-7-3-5-9-18(16)19/h2-11,19-20H,12-13H2,1H3,(H,24,27)(H,25,26). The molecule has 0 spiro atoms. The van der Waals surface area contributed by atoms with Crippen molar-refractivity contribution in [2.45, 2.75) is 22.6 Å². The van der Waals surface area contributed by atoms with Gasteiger partial charge in [-0.25, -0.2) is 9.59 Å². The van der Waals surface area contributed by atoms with E-state index in [1.54, 1.807) is 11.8 Å². The molecule has 154 valence electrons. The van der Waals surface area contributed by atoms with Crippen LogP contribution >= 0.6 is 23.1 Å². The maximum atomic E-state index is 12.4. The molecule has 1 atom stereocenters. The molecule has 0 aliphatic heterocycles. The van der Waals surface area contributed by atoms with Crippen molar-refractivity contribution in [3.63, 3.8) is 0 Å². The monoisotopic (exact) mass is 439 g/mol. The first kappa shape index (κ1) is 20.5. The van der Waals surface area contributed by atoms with E-state index in [0.29, 0.717) is 0 Å². The third kappa shape index (κ3) is 4.22. The fourth-order valence-corrected chi connectivity index (χ4v) is 5.40. The highest BCUT2D eigenvalue weighted by molar-refractivity contribution is 8.00. The summed E-state index contributed by atoms with van der Waals surface area (Å²) >= 11 is 3.14. The van der Waals surface area contributed by atoms with E-state index in [4.69, 9.17) is 4.74 Å².